The lowest BCUT2D eigenvalue weighted by atomic mass is 9.99. The minimum Gasteiger partial charge on any atom is -0.309 e. The molecule has 60 heavy (non-hydrogen) atoms. The monoisotopic (exact) mass is 796 g/mol. The number of para-hydroxylation sites is 3. The predicted octanol–water partition coefficient (Wildman–Crippen LogP) is 16.6. The fraction of sp³-hybridized carbons (Fsp3) is 0. The number of aromatic nitrogens is 2. The predicted molar refractivity (Wildman–Crippen MR) is 261 cm³/mol. The lowest BCUT2D eigenvalue weighted by molar-refractivity contribution is 1.18. The molecule has 14 rings (SSSR count). The largest absolute Gasteiger partial charge is 0.309 e. The second-order valence-corrected chi connectivity index (χ2v) is 18.2. The summed E-state index contributed by atoms with van der Waals surface area (Å²) in [6, 6.07) is 72.3. The molecule has 0 radical (unpaired) electrons. The van der Waals surface area contributed by atoms with Gasteiger partial charge in [0, 0.05) is 84.0 Å². The molecule has 0 saturated carbocycles. The smallest absolute Gasteiger partial charge is 0.0547 e. The zero-order valence-corrected chi connectivity index (χ0v) is 33.8. The number of hydrogen-bond acceptors (Lipinski definition) is 2. The molecular weight excluding hydrogens is 765 g/mol. The normalized spacial score (nSPS) is 12.3. The zero-order valence-electron chi connectivity index (χ0n) is 32.2. The molecule has 14 aromatic rings. The molecule has 0 aliphatic heterocycles. The van der Waals surface area contributed by atoms with Gasteiger partial charge in [-0.15, -0.1) is 22.7 Å². The summed E-state index contributed by atoms with van der Waals surface area (Å²) in [5, 5.41) is 15.6. The average Bonchev–Trinajstić information content (AvgIpc) is 4.05. The molecule has 4 aromatic heterocycles. The molecule has 278 valence electrons. The molecule has 0 unspecified atom stereocenters. The highest BCUT2D eigenvalue weighted by molar-refractivity contribution is 7.27. The van der Waals surface area contributed by atoms with Gasteiger partial charge in [-0.1, -0.05) is 109 Å². The molecule has 0 bridgehead atoms. The van der Waals surface area contributed by atoms with Gasteiger partial charge in [0.1, 0.15) is 0 Å². The minimum atomic E-state index is 1.17. The zero-order chi connectivity index (χ0) is 39.1. The first-order valence-corrected chi connectivity index (χ1v) is 22.1. The van der Waals surface area contributed by atoms with Crippen molar-refractivity contribution in [2.75, 3.05) is 0 Å². The van der Waals surface area contributed by atoms with Crippen LogP contribution < -0.4 is 0 Å². The van der Waals surface area contributed by atoms with Crippen molar-refractivity contribution in [1.82, 2.24) is 9.13 Å². The molecule has 0 amide bonds. The van der Waals surface area contributed by atoms with Gasteiger partial charge in [-0.3, -0.25) is 0 Å². The van der Waals surface area contributed by atoms with Crippen LogP contribution in [0.1, 0.15) is 0 Å². The number of hydrogen-bond donors (Lipinski definition) is 0. The van der Waals surface area contributed by atoms with Crippen LogP contribution in [0.4, 0.5) is 0 Å². The quantitative estimate of drug-likeness (QED) is 0.169. The molecule has 0 aliphatic carbocycles. The lowest BCUT2D eigenvalue weighted by Crippen LogP contribution is -1.93. The lowest BCUT2D eigenvalue weighted by Gasteiger charge is -2.09. The van der Waals surface area contributed by atoms with Crippen molar-refractivity contribution in [3.63, 3.8) is 0 Å². The summed E-state index contributed by atoms with van der Waals surface area (Å²) in [6.45, 7) is 0. The summed E-state index contributed by atoms with van der Waals surface area (Å²) >= 11 is 3.81. The fourth-order valence-corrected chi connectivity index (χ4v) is 12.6. The molecule has 0 spiro atoms. The highest BCUT2D eigenvalue weighted by Crippen LogP contribution is 2.45. The van der Waals surface area contributed by atoms with E-state index in [0.717, 1.165) is 0 Å². The average molecular weight is 797 g/mol. The molecule has 4 heterocycles. The van der Waals surface area contributed by atoms with Gasteiger partial charge in [-0.2, -0.15) is 0 Å². The SMILES string of the molecule is c1ccc(-n2c3ccccc3c3cc4ccc5c6cc(-c7ccc8c(c7)c7cc9ccc%10c%11ccccc%11sc%10c9cc7n8-c7ccccc7)ccc6sc5c4cc32)cc1. The Morgan fingerprint density at radius 3 is 1.42 bits per heavy atom. The first-order valence-electron chi connectivity index (χ1n) is 20.5. The highest BCUT2D eigenvalue weighted by atomic mass is 32.1. The second kappa shape index (κ2) is 12.2. The van der Waals surface area contributed by atoms with Crippen LogP contribution in [0.25, 0.3) is 128 Å². The van der Waals surface area contributed by atoms with Gasteiger partial charge in [0.25, 0.3) is 0 Å². The molecule has 2 nitrogen and oxygen atoms in total. The van der Waals surface area contributed by atoms with E-state index in [1.54, 1.807) is 0 Å². The maximum absolute atomic E-state index is 2.45. The number of benzene rings is 10. The molecular formula is C56H32N2S2. The van der Waals surface area contributed by atoms with Crippen LogP contribution in [0.15, 0.2) is 194 Å². The Kier molecular flexibility index (Phi) is 6.62. The van der Waals surface area contributed by atoms with Gasteiger partial charge in [0.2, 0.25) is 0 Å². The van der Waals surface area contributed by atoms with Gasteiger partial charge >= 0.3 is 0 Å². The maximum Gasteiger partial charge on any atom is 0.0547 e. The Bertz CT molecular complexity index is 4110. The Hall–Kier alpha value is -7.24. The van der Waals surface area contributed by atoms with E-state index in [-0.39, 0.29) is 0 Å². The van der Waals surface area contributed by atoms with E-state index in [0.29, 0.717) is 0 Å². The third-order valence-electron chi connectivity index (χ3n) is 12.9. The summed E-state index contributed by atoms with van der Waals surface area (Å²) in [4.78, 5) is 0. The topological polar surface area (TPSA) is 9.86 Å². The summed E-state index contributed by atoms with van der Waals surface area (Å²) in [6.07, 6.45) is 0. The van der Waals surface area contributed by atoms with Crippen molar-refractivity contribution >= 4 is 128 Å². The summed E-state index contributed by atoms with van der Waals surface area (Å²) in [7, 11) is 0. The van der Waals surface area contributed by atoms with Crippen LogP contribution in [0.3, 0.4) is 0 Å². The minimum absolute atomic E-state index is 1.17. The third-order valence-corrected chi connectivity index (χ3v) is 15.3. The van der Waals surface area contributed by atoms with Crippen LogP contribution in [0, 0.1) is 0 Å². The molecule has 10 aromatic carbocycles. The van der Waals surface area contributed by atoms with Crippen molar-refractivity contribution in [2.24, 2.45) is 0 Å². The maximum atomic E-state index is 2.45. The van der Waals surface area contributed by atoms with Crippen LogP contribution >= 0.6 is 22.7 Å². The van der Waals surface area contributed by atoms with E-state index in [2.05, 4.69) is 203 Å². The molecule has 4 heteroatoms. The molecule has 0 saturated heterocycles. The van der Waals surface area contributed by atoms with Crippen molar-refractivity contribution in [2.45, 2.75) is 0 Å². The molecule has 0 N–H and O–H groups in total. The van der Waals surface area contributed by atoms with E-state index in [4.69, 9.17) is 0 Å². The number of thiophene rings is 2. The van der Waals surface area contributed by atoms with Crippen molar-refractivity contribution in [3.8, 4) is 22.5 Å². The van der Waals surface area contributed by atoms with Gasteiger partial charge in [-0.05, 0) is 107 Å². The molecule has 0 aliphatic rings. The van der Waals surface area contributed by atoms with Crippen LogP contribution in [-0.4, -0.2) is 9.13 Å². The van der Waals surface area contributed by atoms with E-state index in [1.807, 2.05) is 22.7 Å². The van der Waals surface area contributed by atoms with Crippen molar-refractivity contribution in [3.05, 3.63) is 194 Å². The first kappa shape index (κ1) is 32.7. The van der Waals surface area contributed by atoms with Crippen LogP contribution in [0.5, 0.6) is 0 Å². The Morgan fingerprint density at radius 2 is 0.750 bits per heavy atom. The summed E-state index contributed by atoms with van der Waals surface area (Å²) in [5.74, 6) is 0. The van der Waals surface area contributed by atoms with E-state index in [1.165, 1.54) is 128 Å². The number of rotatable bonds is 3. The van der Waals surface area contributed by atoms with Crippen molar-refractivity contribution < 1.29 is 0 Å². The number of nitrogens with zero attached hydrogens (tertiary/aromatic N) is 2. The van der Waals surface area contributed by atoms with Gasteiger partial charge in [0.05, 0.1) is 22.1 Å². The standard InChI is InChI=1S/C56H32N2S2/c1-3-11-37(12-4-1)57-49-17-9-7-15-39(49)45-29-35-20-24-42-48-28-34(22-26-54(48)60-56(42)44(35)31-51(45)57)33-21-25-50-46(27-33)47-30-36-19-23-41-40-16-8-10-18-53(40)59-55(41)43(36)32-52(47)58(50)38-13-5-2-6-14-38/h1-32H. The molecule has 0 fully saturated rings. The number of fused-ring (bicyclic) bond motifs is 16. The van der Waals surface area contributed by atoms with E-state index >= 15 is 0 Å². The first-order chi connectivity index (χ1) is 29.7. The van der Waals surface area contributed by atoms with Gasteiger partial charge in [0.15, 0.2) is 0 Å². The van der Waals surface area contributed by atoms with Gasteiger partial charge < -0.3 is 9.13 Å². The van der Waals surface area contributed by atoms with Crippen LogP contribution in [0.2, 0.25) is 0 Å². The Balaban J connectivity index is 0.970. The van der Waals surface area contributed by atoms with E-state index < -0.39 is 0 Å². The third kappa shape index (κ3) is 4.52. The van der Waals surface area contributed by atoms with Crippen molar-refractivity contribution in [1.29, 1.82) is 0 Å². The second-order valence-electron chi connectivity index (χ2n) is 16.1. The van der Waals surface area contributed by atoms with Crippen LogP contribution in [-0.2, 0) is 0 Å². The Morgan fingerprint density at radius 1 is 0.267 bits per heavy atom. The van der Waals surface area contributed by atoms with E-state index in [9.17, 15) is 0 Å². The highest BCUT2D eigenvalue weighted by Gasteiger charge is 2.19. The van der Waals surface area contributed by atoms with Gasteiger partial charge in [-0.25, -0.2) is 0 Å². The summed E-state index contributed by atoms with van der Waals surface area (Å²) < 4.78 is 10.2. The Labute approximate surface area is 352 Å². The summed E-state index contributed by atoms with van der Waals surface area (Å²) in [5.41, 5.74) is 9.74. The molecule has 0 atom stereocenters. The fourth-order valence-electron chi connectivity index (χ4n) is 10.1.